The van der Waals surface area contributed by atoms with E-state index < -0.39 is 49.1 Å². The first-order chi connectivity index (χ1) is 7.82. The van der Waals surface area contributed by atoms with E-state index in [9.17, 15) is 29.7 Å². The van der Waals surface area contributed by atoms with Crippen molar-refractivity contribution < 1.29 is 123 Å². The molecule has 0 aliphatic heterocycles. The molecule has 0 saturated carbocycles. The van der Waals surface area contributed by atoms with Crippen LogP contribution in [0, 0.1) is 0 Å². The summed E-state index contributed by atoms with van der Waals surface area (Å²) in [6, 6.07) is -1.50. The van der Waals surface area contributed by atoms with E-state index in [1.807, 2.05) is 0 Å². The van der Waals surface area contributed by atoms with E-state index in [4.69, 9.17) is 5.11 Å². The molecule has 0 aliphatic rings. The van der Waals surface area contributed by atoms with Gasteiger partial charge in [0, 0.05) is 11.9 Å². The van der Waals surface area contributed by atoms with Gasteiger partial charge in [-0.25, -0.2) is 4.79 Å². The van der Waals surface area contributed by atoms with Crippen LogP contribution in [0.5, 0.6) is 0 Å². The first-order valence-corrected chi connectivity index (χ1v) is 4.69. The monoisotopic (exact) mass is 313 g/mol. The van der Waals surface area contributed by atoms with Gasteiger partial charge in [0.1, 0.15) is 6.04 Å². The molecule has 0 aromatic rings. The van der Waals surface area contributed by atoms with Gasteiger partial charge in [0.15, 0.2) is 0 Å². The van der Waals surface area contributed by atoms with Crippen LogP contribution < -0.4 is 104 Å². The van der Waals surface area contributed by atoms with Crippen LogP contribution in [0.2, 0.25) is 0 Å². The van der Waals surface area contributed by atoms with Crippen LogP contribution in [-0.4, -0.2) is 35.0 Å². The molecule has 0 fully saturated rings. The van der Waals surface area contributed by atoms with E-state index in [0.717, 1.165) is 0 Å². The van der Waals surface area contributed by atoms with Gasteiger partial charge in [-0.15, -0.1) is 0 Å². The zero-order valence-electron chi connectivity index (χ0n) is 11.7. The molecule has 0 aromatic heterocycles. The van der Waals surface area contributed by atoms with Crippen LogP contribution in [0.1, 0.15) is 25.7 Å². The molecule has 96 valence electrons. The Morgan fingerprint density at radius 1 is 0.900 bits per heavy atom. The van der Waals surface area contributed by atoms with Crippen molar-refractivity contribution in [1.82, 2.24) is 0 Å². The summed E-state index contributed by atoms with van der Waals surface area (Å²) in [5, 5.41) is 39.8. The maximum Gasteiger partial charge on any atom is 1.00 e. The van der Waals surface area contributed by atoms with Gasteiger partial charge >= 0.3 is 94.6 Å². The minimum Gasteiger partial charge on any atom is -0.862 e. The quantitative estimate of drug-likeness (QED) is 0.265. The minimum atomic E-state index is -1.50. The van der Waals surface area contributed by atoms with Crippen LogP contribution in [0.4, 0.5) is 0 Å². The number of hydrogen-bond donors (Lipinski definition) is 1. The first-order valence-electron chi connectivity index (χ1n) is 4.69. The second-order valence-corrected chi connectivity index (χ2v) is 3.16. The summed E-state index contributed by atoms with van der Waals surface area (Å²) in [4.78, 5) is 33.9. The Hall–Kier alpha value is 0.880. The Morgan fingerprint density at radius 3 is 1.70 bits per heavy atom. The van der Waals surface area contributed by atoms with Crippen molar-refractivity contribution in [2.45, 2.75) is 31.7 Å². The maximum atomic E-state index is 11.0. The van der Waals surface area contributed by atoms with Crippen molar-refractivity contribution in [2.75, 3.05) is 0 Å². The second-order valence-electron chi connectivity index (χ2n) is 3.16. The molecule has 20 heavy (non-hydrogen) atoms. The zero-order valence-corrected chi connectivity index (χ0v) is 17.7. The van der Waals surface area contributed by atoms with Gasteiger partial charge in [0.2, 0.25) is 0 Å². The Morgan fingerprint density at radius 2 is 1.35 bits per heavy atom. The Kier molecular flexibility index (Phi) is 23.5. The van der Waals surface area contributed by atoms with Crippen molar-refractivity contribution in [3.8, 4) is 0 Å². The molecule has 0 radical (unpaired) electrons. The fourth-order valence-electron chi connectivity index (χ4n) is 0.945. The third-order valence-electron chi connectivity index (χ3n) is 1.75. The summed E-state index contributed by atoms with van der Waals surface area (Å²) in [7, 11) is 0. The number of carbonyl (C=O) groups excluding carboxylic acids is 2. The number of hydrogen-bond acceptors (Lipinski definition) is 7. The zero-order chi connectivity index (χ0) is 13.4. The number of carboxylic acids is 3. The van der Waals surface area contributed by atoms with E-state index in [0.29, 0.717) is 0 Å². The average molecular weight is 313 g/mol. The summed E-state index contributed by atoms with van der Waals surface area (Å²) in [6.07, 6.45) is -1.96. The smallest absolute Gasteiger partial charge is 0.862 e. The van der Waals surface area contributed by atoms with Crippen LogP contribution in [0.3, 0.4) is 0 Å². The third-order valence-corrected chi connectivity index (χ3v) is 1.75. The van der Waals surface area contributed by atoms with Gasteiger partial charge in [-0.1, -0.05) is 0 Å². The molecule has 0 aromatic carbocycles. The molecule has 0 spiro atoms. The topological polar surface area (TPSA) is 153 Å². The number of aliphatic carboxylic acids is 3. The number of nitrogens with zero attached hydrogens (tertiary/aromatic N) is 1. The normalized spacial score (nSPS) is 11.1. The van der Waals surface area contributed by atoms with Crippen molar-refractivity contribution in [3.63, 3.8) is 0 Å². The fraction of sp³-hybridized carbons (Fsp3) is 0.556. The molecule has 0 saturated heterocycles. The molecule has 0 amide bonds. The van der Waals surface area contributed by atoms with Crippen LogP contribution in [0.25, 0.3) is 0 Å². The summed E-state index contributed by atoms with van der Waals surface area (Å²) in [6.45, 7) is 0. The summed E-state index contributed by atoms with van der Waals surface area (Å²) < 4.78 is 0. The second kappa shape index (κ2) is 16.3. The van der Waals surface area contributed by atoms with E-state index in [-0.39, 0.29) is 95.1 Å². The van der Waals surface area contributed by atoms with Gasteiger partial charge in [0.05, 0.1) is 0 Å². The number of carboxylic acid groups (broad SMARTS) is 3. The molecule has 0 heterocycles. The maximum absolute atomic E-state index is 11.0. The van der Waals surface area contributed by atoms with E-state index in [1.165, 1.54) is 0 Å². The Balaban J connectivity index is -0.000000427. The van der Waals surface area contributed by atoms with Crippen molar-refractivity contribution >= 4 is 23.8 Å². The van der Waals surface area contributed by atoms with E-state index >= 15 is 0 Å². The molecule has 1 N–H and O–H groups in total. The average Bonchev–Trinajstić information content (AvgIpc) is 2.20. The first kappa shape index (κ1) is 29.0. The summed E-state index contributed by atoms with van der Waals surface area (Å²) in [5.74, 6) is -5.27. The third kappa shape index (κ3) is 16.9. The Bertz CT molecular complexity index is 348. The number of carbonyl (C=O) groups is 3. The van der Waals surface area contributed by atoms with E-state index in [2.05, 4.69) is 4.99 Å². The van der Waals surface area contributed by atoms with Gasteiger partial charge in [-0.05, 0) is 31.6 Å². The molecular formula is C9H10NNa3O7. The van der Waals surface area contributed by atoms with Crippen LogP contribution in [0.15, 0.2) is 4.99 Å². The molecule has 0 aliphatic carbocycles. The predicted molar refractivity (Wildman–Crippen MR) is 47.3 cm³/mol. The number of rotatable bonds is 8. The summed E-state index contributed by atoms with van der Waals surface area (Å²) in [5.41, 5.74) is 0. The van der Waals surface area contributed by atoms with Gasteiger partial charge in [0.25, 0.3) is 0 Å². The van der Waals surface area contributed by atoms with Crippen LogP contribution in [-0.2, 0) is 14.4 Å². The molecule has 11 heteroatoms. The van der Waals surface area contributed by atoms with Crippen molar-refractivity contribution in [1.29, 1.82) is 0 Å². The van der Waals surface area contributed by atoms with Gasteiger partial charge in [-0.3, -0.25) is 4.99 Å². The number of aliphatic imine (C=N–C) groups is 1. The SMILES string of the molecule is O=C([O-])CCC([O-])=N[C@@H](CCC(=O)[O-])C(=O)O.[Na+].[Na+].[Na+]. The molecule has 0 bridgehead atoms. The fourth-order valence-corrected chi connectivity index (χ4v) is 0.945. The van der Waals surface area contributed by atoms with Gasteiger partial charge in [-0.2, -0.15) is 0 Å². The Labute approximate surface area is 181 Å². The van der Waals surface area contributed by atoms with Crippen molar-refractivity contribution in [2.24, 2.45) is 4.99 Å². The predicted octanol–water partition coefficient (Wildman–Crippen LogP) is -12.7. The van der Waals surface area contributed by atoms with E-state index in [1.54, 1.807) is 0 Å². The van der Waals surface area contributed by atoms with Gasteiger partial charge < -0.3 is 30.0 Å². The minimum absolute atomic E-state index is 0. The van der Waals surface area contributed by atoms with Crippen molar-refractivity contribution in [3.05, 3.63) is 0 Å². The molecular weight excluding hydrogens is 303 g/mol. The largest absolute Gasteiger partial charge is 1.00 e. The molecule has 8 nitrogen and oxygen atoms in total. The summed E-state index contributed by atoms with van der Waals surface area (Å²) >= 11 is 0. The van der Waals surface area contributed by atoms with Crippen LogP contribution >= 0.6 is 0 Å². The molecule has 1 atom stereocenters. The standard InChI is InChI=1S/C9H13NO7.3Na/c11-6(2-4-8(14)15)10-5(9(16)17)1-3-7(12)13;;;/h5H,1-4H2,(H,10,11)(H,12,13)(H,14,15)(H,16,17);;;/q;3*+1/p-3/t5-;;;/m0.../s1. The molecule has 0 unspecified atom stereocenters. The molecule has 0 rings (SSSR count).